The third kappa shape index (κ3) is 3.05. The van der Waals surface area contributed by atoms with E-state index in [2.05, 4.69) is 20.0 Å². The Morgan fingerprint density at radius 1 is 1.05 bits per heavy atom. The highest BCUT2D eigenvalue weighted by Crippen LogP contribution is 2.18. The SMILES string of the molecule is CNc1ncc(S(=O)(=O)Nc2ccc(C)c(C)c2)cn1. The van der Waals surface area contributed by atoms with Crippen LogP contribution in [0.2, 0.25) is 0 Å². The molecule has 1 heterocycles. The Bertz CT molecular complexity index is 712. The fourth-order valence-electron chi connectivity index (χ4n) is 1.60. The van der Waals surface area contributed by atoms with Crippen molar-refractivity contribution in [2.24, 2.45) is 0 Å². The van der Waals surface area contributed by atoms with E-state index in [1.165, 1.54) is 12.4 Å². The Labute approximate surface area is 118 Å². The predicted octanol–water partition coefficient (Wildman–Crippen LogP) is 1.94. The zero-order chi connectivity index (χ0) is 14.8. The van der Waals surface area contributed by atoms with Gasteiger partial charge in [0.1, 0.15) is 4.90 Å². The minimum atomic E-state index is -3.67. The molecule has 0 saturated carbocycles. The number of benzene rings is 1. The van der Waals surface area contributed by atoms with E-state index in [4.69, 9.17) is 0 Å². The lowest BCUT2D eigenvalue weighted by molar-refractivity contribution is 0.600. The Balaban J connectivity index is 2.27. The summed E-state index contributed by atoms with van der Waals surface area (Å²) in [5, 5.41) is 2.73. The number of rotatable bonds is 4. The van der Waals surface area contributed by atoms with Gasteiger partial charge in [0.05, 0.1) is 12.4 Å². The lowest BCUT2D eigenvalue weighted by atomic mass is 10.1. The fraction of sp³-hybridized carbons (Fsp3) is 0.231. The van der Waals surface area contributed by atoms with Crippen molar-refractivity contribution in [3.05, 3.63) is 41.7 Å². The molecule has 2 N–H and O–H groups in total. The Morgan fingerprint density at radius 2 is 1.70 bits per heavy atom. The van der Waals surface area contributed by atoms with Gasteiger partial charge in [-0.2, -0.15) is 0 Å². The summed E-state index contributed by atoms with van der Waals surface area (Å²) in [6.45, 7) is 3.90. The quantitative estimate of drug-likeness (QED) is 0.899. The Morgan fingerprint density at radius 3 is 2.25 bits per heavy atom. The molecule has 0 amide bonds. The number of hydrogen-bond donors (Lipinski definition) is 2. The highest BCUT2D eigenvalue weighted by Gasteiger charge is 2.15. The molecular formula is C13H16N4O2S. The summed E-state index contributed by atoms with van der Waals surface area (Å²) in [4.78, 5) is 7.81. The first-order chi connectivity index (χ1) is 9.42. The van der Waals surface area contributed by atoms with Crippen LogP contribution in [-0.4, -0.2) is 25.4 Å². The fourth-order valence-corrected chi connectivity index (χ4v) is 2.54. The second kappa shape index (κ2) is 5.46. The van der Waals surface area contributed by atoms with Gasteiger partial charge >= 0.3 is 0 Å². The third-order valence-electron chi connectivity index (χ3n) is 2.92. The predicted molar refractivity (Wildman–Crippen MR) is 78.3 cm³/mol. The molecule has 0 bridgehead atoms. The van der Waals surface area contributed by atoms with Crippen LogP contribution in [0.1, 0.15) is 11.1 Å². The maximum atomic E-state index is 12.2. The molecule has 0 aliphatic rings. The molecule has 6 nitrogen and oxygen atoms in total. The van der Waals surface area contributed by atoms with Gasteiger partial charge in [-0.15, -0.1) is 0 Å². The van der Waals surface area contributed by atoms with Crippen molar-refractivity contribution in [1.82, 2.24) is 9.97 Å². The number of hydrogen-bond acceptors (Lipinski definition) is 5. The normalized spacial score (nSPS) is 11.2. The van der Waals surface area contributed by atoms with Crippen molar-refractivity contribution in [1.29, 1.82) is 0 Å². The number of sulfonamides is 1. The lowest BCUT2D eigenvalue weighted by Gasteiger charge is -2.09. The van der Waals surface area contributed by atoms with E-state index in [1.807, 2.05) is 19.9 Å². The van der Waals surface area contributed by atoms with Gasteiger partial charge in [0.25, 0.3) is 10.0 Å². The number of nitrogens with zero attached hydrogens (tertiary/aromatic N) is 2. The molecule has 1 aromatic carbocycles. The van der Waals surface area contributed by atoms with E-state index in [9.17, 15) is 8.42 Å². The van der Waals surface area contributed by atoms with E-state index in [0.29, 0.717) is 11.6 Å². The molecule has 0 radical (unpaired) electrons. The lowest BCUT2D eigenvalue weighted by Crippen LogP contribution is -2.14. The van der Waals surface area contributed by atoms with Gasteiger partial charge in [0.15, 0.2) is 0 Å². The zero-order valence-corrected chi connectivity index (χ0v) is 12.3. The van der Waals surface area contributed by atoms with Crippen LogP contribution in [0.4, 0.5) is 11.6 Å². The molecule has 20 heavy (non-hydrogen) atoms. The topological polar surface area (TPSA) is 84.0 Å². The van der Waals surface area contributed by atoms with E-state index in [-0.39, 0.29) is 4.90 Å². The summed E-state index contributed by atoms with van der Waals surface area (Å²) >= 11 is 0. The molecule has 0 fully saturated rings. The summed E-state index contributed by atoms with van der Waals surface area (Å²) in [6.07, 6.45) is 2.53. The van der Waals surface area contributed by atoms with Crippen molar-refractivity contribution in [3.8, 4) is 0 Å². The summed E-state index contributed by atoms with van der Waals surface area (Å²) < 4.78 is 26.9. The van der Waals surface area contributed by atoms with Crippen molar-refractivity contribution < 1.29 is 8.42 Å². The molecule has 0 saturated heterocycles. The van der Waals surface area contributed by atoms with E-state index in [1.54, 1.807) is 19.2 Å². The maximum Gasteiger partial charge on any atom is 0.264 e. The standard InChI is InChI=1S/C13H16N4O2S/c1-9-4-5-11(6-10(9)2)17-20(18,19)12-7-15-13(14-3)16-8-12/h4-8,17H,1-3H3,(H,14,15,16). The molecule has 106 valence electrons. The van der Waals surface area contributed by atoms with Gasteiger partial charge in [-0.05, 0) is 37.1 Å². The van der Waals surface area contributed by atoms with Crippen LogP contribution in [-0.2, 0) is 10.0 Å². The van der Waals surface area contributed by atoms with Crippen LogP contribution in [0.5, 0.6) is 0 Å². The molecule has 2 aromatic rings. The Kier molecular flexibility index (Phi) is 3.89. The second-order valence-electron chi connectivity index (χ2n) is 4.40. The monoisotopic (exact) mass is 292 g/mol. The van der Waals surface area contributed by atoms with Crippen LogP contribution in [0, 0.1) is 13.8 Å². The average Bonchev–Trinajstić information content (AvgIpc) is 2.43. The molecular weight excluding hydrogens is 276 g/mol. The van der Waals surface area contributed by atoms with E-state index < -0.39 is 10.0 Å². The van der Waals surface area contributed by atoms with Crippen molar-refractivity contribution >= 4 is 21.7 Å². The summed E-state index contributed by atoms with van der Waals surface area (Å²) in [6, 6.07) is 5.38. The molecule has 2 rings (SSSR count). The van der Waals surface area contributed by atoms with Crippen LogP contribution >= 0.6 is 0 Å². The molecule has 0 spiro atoms. The molecule has 0 unspecified atom stereocenters. The molecule has 0 atom stereocenters. The summed E-state index contributed by atoms with van der Waals surface area (Å²) in [5.74, 6) is 0.370. The first-order valence-corrected chi connectivity index (χ1v) is 7.50. The summed E-state index contributed by atoms with van der Waals surface area (Å²) in [7, 11) is -2.01. The number of nitrogens with one attached hydrogen (secondary N) is 2. The van der Waals surface area contributed by atoms with Crippen LogP contribution in [0.15, 0.2) is 35.5 Å². The van der Waals surface area contributed by atoms with Crippen molar-refractivity contribution in [2.45, 2.75) is 18.7 Å². The first-order valence-electron chi connectivity index (χ1n) is 6.02. The zero-order valence-electron chi connectivity index (χ0n) is 11.5. The minimum Gasteiger partial charge on any atom is -0.357 e. The van der Waals surface area contributed by atoms with Gasteiger partial charge in [-0.3, -0.25) is 4.72 Å². The average molecular weight is 292 g/mol. The van der Waals surface area contributed by atoms with Gasteiger partial charge in [-0.25, -0.2) is 18.4 Å². The minimum absolute atomic E-state index is 0.0229. The molecule has 7 heteroatoms. The summed E-state index contributed by atoms with van der Waals surface area (Å²) in [5.41, 5.74) is 2.65. The maximum absolute atomic E-state index is 12.2. The van der Waals surface area contributed by atoms with Crippen LogP contribution in [0.25, 0.3) is 0 Å². The van der Waals surface area contributed by atoms with Gasteiger partial charge in [0.2, 0.25) is 5.95 Å². The highest BCUT2D eigenvalue weighted by atomic mass is 32.2. The number of aryl methyl sites for hydroxylation is 2. The number of anilines is 2. The van der Waals surface area contributed by atoms with Crippen molar-refractivity contribution in [3.63, 3.8) is 0 Å². The molecule has 0 aliphatic heterocycles. The smallest absolute Gasteiger partial charge is 0.264 e. The highest BCUT2D eigenvalue weighted by molar-refractivity contribution is 7.92. The molecule has 0 aliphatic carbocycles. The second-order valence-corrected chi connectivity index (χ2v) is 6.08. The van der Waals surface area contributed by atoms with Crippen molar-refractivity contribution in [2.75, 3.05) is 17.1 Å². The van der Waals surface area contributed by atoms with Crippen LogP contribution < -0.4 is 10.0 Å². The molecule has 1 aromatic heterocycles. The van der Waals surface area contributed by atoms with Gasteiger partial charge in [0, 0.05) is 12.7 Å². The largest absolute Gasteiger partial charge is 0.357 e. The third-order valence-corrected chi connectivity index (χ3v) is 4.26. The van der Waals surface area contributed by atoms with Crippen LogP contribution in [0.3, 0.4) is 0 Å². The number of aromatic nitrogens is 2. The van der Waals surface area contributed by atoms with Gasteiger partial charge < -0.3 is 5.32 Å². The first kappa shape index (κ1) is 14.3. The van der Waals surface area contributed by atoms with E-state index >= 15 is 0 Å². The Hall–Kier alpha value is -2.15. The van der Waals surface area contributed by atoms with Gasteiger partial charge in [-0.1, -0.05) is 6.07 Å². The van der Waals surface area contributed by atoms with E-state index in [0.717, 1.165) is 11.1 Å².